The van der Waals surface area contributed by atoms with Crippen molar-refractivity contribution in [3.63, 3.8) is 0 Å². The molecule has 1 spiro atoms. The molecule has 2 saturated heterocycles. The second-order valence-electron chi connectivity index (χ2n) is 9.21. The first-order chi connectivity index (χ1) is 13.3. The van der Waals surface area contributed by atoms with Crippen LogP contribution in [0.15, 0.2) is 18.2 Å². The van der Waals surface area contributed by atoms with Gasteiger partial charge in [0.25, 0.3) is 0 Å². The monoisotopic (exact) mass is 371 g/mol. The number of phenolic OH excluding ortho intramolecular Hbond substituents is 1. The van der Waals surface area contributed by atoms with Crippen molar-refractivity contribution >= 4 is 0 Å². The number of para-hydroxylation sites is 1. The van der Waals surface area contributed by atoms with Gasteiger partial charge >= 0.3 is 0 Å². The molecule has 1 aliphatic carbocycles. The van der Waals surface area contributed by atoms with E-state index in [0.717, 1.165) is 50.4 Å². The van der Waals surface area contributed by atoms with Crippen molar-refractivity contribution in [3.8, 4) is 11.5 Å². The van der Waals surface area contributed by atoms with Crippen LogP contribution in [0.3, 0.4) is 0 Å². The molecular formula is C23H33NO3. The van der Waals surface area contributed by atoms with Crippen molar-refractivity contribution in [1.29, 1.82) is 0 Å². The number of hydrogen-bond acceptors (Lipinski definition) is 4. The van der Waals surface area contributed by atoms with Crippen molar-refractivity contribution < 1.29 is 14.6 Å². The summed E-state index contributed by atoms with van der Waals surface area (Å²) < 4.78 is 12.9. The van der Waals surface area contributed by atoms with Gasteiger partial charge in [0.15, 0.2) is 11.5 Å². The molecule has 1 N–H and O–H groups in total. The highest BCUT2D eigenvalue weighted by atomic mass is 16.5. The Labute approximate surface area is 162 Å². The quantitative estimate of drug-likeness (QED) is 0.820. The second-order valence-corrected chi connectivity index (χ2v) is 9.21. The molecule has 0 bridgehead atoms. The van der Waals surface area contributed by atoms with E-state index in [9.17, 15) is 5.11 Å². The predicted molar refractivity (Wildman–Crippen MR) is 105 cm³/mol. The van der Waals surface area contributed by atoms with Crippen molar-refractivity contribution in [2.75, 3.05) is 26.2 Å². The summed E-state index contributed by atoms with van der Waals surface area (Å²) in [4.78, 5) is 2.67. The molecule has 5 rings (SSSR count). The van der Waals surface area contributed by atoms with Crippen LogP contribution >= 0.6 is 0 Å². The van der Waals surface area contributed by atoms with Crippen LogP contribution in [-0.2, 0) is 4.74 Å². The van der Waals surface area contributed by atoms with Gasteiger partial charge in [-0.05, 0) is 37.7 Å². The lowest BCUT2D eigenvalue weighted by Gasteiger charge is -2.53. The first-order valence-electron chi connectivity index (χ1n) is 11.1. The van der Waals surface area contributed by atoms with E-state index in [4.69, 9.17) is 9.47 Å². The van der Waals surface area contributed by atoms with Crippen molar-refractivity contribution in [2.24, 2.45) is 11.8 Å². The third kappa shape index (κ3) is 3.25. The van der Waals surface area contributed by atoms with Crippen LogP contribution in [0, 0.1) is 11.8 Å². The van der Waals surface area contributed by atoms with Gasteiger partial charge in [-0.2, -0.15) is 0 Å². The molecule has 1 saturated carbocycles. The molecule has 0 unspecified atom stereocenters. The third-order valence-electron chi connectivity index (χ3n) is 7.58. The number of rotatable bonds is 2. The molecule has 3 fully saturated rings. The molecule has 0 aromatic heterocycles. The summed E-state index contributed by atoms with van der Waals surface area (Å²) in [6.07, 6.45) is 11.6. The Morgan fingerprint density at radius 3 is 2.67 bits per heavy atom. The Bertz CT molecular complexity index is 662. The first kappa shape index (κ1) is 17.8. The largest absolute Gasteiger partial charge is 0.504 e. The summed E-state index contributed by atoms with van der Waals surface area (Å²) >= 11 is 0. The molecule has 1 aromatic rings. The average molecular weight is 372 g/mol. The zero-order valence-corrected chi connectivity index (χ0v) is 16.4. The van der Waals surface area contributed by atoms with Crippen molar-refractivity contribution in [2.45, 2.75) is 69.5 Å². The van der Waals surface area contributed by atoms with Crippen LogP contribution in [0.2, 0.25) is 0 Å². The smallest absolute Gasteiger partial charge is 0.167 e. The maximum Gasteiger partial charge on any atom is 0.167 e. The Morgan fingerprint density at radius 1 is 1.04 bits per heavy atom. The molecule has 3 heterocycles. The number of phenols is 1. The maximum absolute atomic E-state index is 10.4. The highest BCUT2D eigenvalue weighted by Crippen LogP contribution is 2.55. The fourth-order valence-corrected chi connectivity index (χ4v) is 6.10. The Hall–Kier alpha value is -1.26. The molecule has 0 radical (unpaired) electrons. The fraction of sp³-hybridized carbons (Fsp3) is 0.739. The maximum atomic E-state index is 10.4. The van der Waals surface area contributed by atoms with E-state index in [1.807, 2.05) is 6.07 Å². The van der Waals surface area contributed by atoms with Gasteiger partial charge < -0.3 is 19.5 Å². The highest BCUT2D eigenvalue weighted by molar-refractivity contribution is 5.49. The van der Waals surface area contributed by atoms with Crippen LogP contribution in [0.25, 0.3) is 0 Å². The van der Waals surface area contributed by atoms with Gasteiger partial charge in [0.2, 0.25) is 0 Å². The van der Waals surface area contributed by atoms with Gasteiger partial charge in [-0.15, -0.1) is 0 Å². The first-order valence-corrected chi connectivity index (χ1v) is 11.1. The lowest BCUT2D eigenvalue weighted by molar-refractivity contribution is -0.151. The number of ether oxygens (including phenoxy) is 2. The van der Waals surface area contributed by atoms with Gasteiger partial charge in [-0.1, -0.05) is 31.4 Å². The summed E-state index contributed by atoms with van der Waals surface area (Å²) in [7, 11) is 0. The zero-order valence-electron chi connectivity index (χ0n) is 16.4. The van der Waals surface area contributed by atoms with Crippen molar-refractivity contribution in [1.82, 2.24) is 4.90 Å². The Kier molecular flexibility index (Phi) is 4.81. The van der Waals surface area contributed by atoms with Crippen LogP contribution in [0.1, 0.15) is 69.5 Å². The summed E-state index contributed by atoms with van der Waals surface area (Å²) in [5, 5.41) is 10.4. The lowest BCUT2D eigenvalue weighted by Crippen LogP contribution is -2.57. The molecule has 148 valence electrons. The molecule has 4 heteroatoms. The minimum absolute atomic E-state index is 0.0829. The molecule has 3 aliphatic heterocycles. The number of hydrogen-bond donors (Lipinski definition) is 1. The SMILES string of the molecule is Oc1cccc2c1OC1(CCN(CC3CCCCC3)CC1)[C@H]1CCCO[C@H]21. The molecule has 27 heavy (non-hydrogen) atoms. The fourth-order valence-electron chi connectivity index (χ4n) is 6.10. The highest BCUT2D eigenvalue weighted by Gasteiger charge is 2.53. The average Bonchev–Trinajstić information content (AvgIpc) is 2.72. The number of benzene rings is 1. The summed E-state index contributed by atoms with van der Waals surface area (Å²) in [5.41, 5.74) is 0.884. The van der Waals surface area contributed by atoms with E-state index in [-0.39, 0.29) is 17.5 Å². The molecular weight excluding hydrogens is 338 g/mol. The van der Waals surface area contributed by atoms with Crippen LogP contribution < -0.4 is 4.74 Å². The zero-order chi connectivity index (χ0) is 18.3. The standard InChI is InChI=1S/C23H33NO3/c25-20-10-4-8-18-21-19(9-5-15-26-21)23(27-22(18)20)11-13-24(14-12-23)16-17-6-2-1-3-7-17/h4,8,10,17,19,21,25H,1-3,5-7,9,11-16H2/t19-,21+/m0/s1. The number of likely N-dealkylation sites (tertiary alicyclic amines) is 1. The number of piperidine rings is 1. The Morgan fingerprint density at radius 2 is 1.85 bits per heavy atom. The number of nitrogens with zero attached hydrogens (tertiary/aromatic N) is 1. The third-order valence-corrected chi connectivity index (χ3v) is 7.58. The topological polar surface area (TPSA) is 41.9 Å². The van der Waals surface area contributed by atoms with E-state index in [2.05, 4.69) is 11.0 Å². The molecule has 4 nitrogen and oxygen atoms in total. The van der Waals surface area contributed by atoms with E-state index in [1.54, 1.807) is 6.07 Å². The van der Waals surface area contributed by atoms with Gasteiger partial charge in [0.05, 0.1) is 6.10 Å². The van der Waals surface area contributed by atoms with Crippen LogP contribution in [0.4, 0.5) is 0 Å². The molecule has 2 atom stereocenters. The van der Waals surface area contributed by atoms with E-state index in [0.29, 0.717) is 11.7 Å². The predicted octanol–water partition coefficient (Wildman–Crippen LogP) is 4.67. The number of fused-ring (bicyclic) bond motifs is 4. The van der Waals surface area contributed by atoms with E-state index >= 15 is 0 Å². The molecule has 0 amide bonds. The second kappa shape index (κ2) is 7.29. The molecule has 1 aromatic carbocycles. The summed E-state index contributed by atoms with van der Waals surface area (Å²) in [6, 6.07) is 5.73. The van der Waals surface area contributed by atoms with Crippen LogP contribution in [0.5, 0.6) is 11.5 Å². The van der Waals surface area contributed by atoms with Crippen LogP contribution in [-0.4, -0.2) is 41.8 Å². The summed E-state index contributed by atoms with van der Waals surface area (Å²) in [6.45, 7) is 4.31. The minimum Gasteiger partial charge on any atom is -0.504 e. The lowest BCUT2D eigenvalue weighted by atomic mass is 9.69. The normalized spacial score (nSPS) is 31.1. The van der Waals surface area contributed by atoms with E-state index < -0.39 is 0 Å². The van der Waals surface area contributed by atoms with Crippen molar-refractivity contribution in [3.05, 3.63) is 23.8 Å². The minimum atomic E-state index is -0.167. The van der Waals surface area contributed by atoms with Gasteiger partial charge in [0.1, 0.15) is 5.60 Å². The van der Waals surface area contributed by atoms with Gasteiger partial charge in [-0.3, -0.25) is 0 Å². The van der Waals surface area contributed by atoms with E-state index in [1.165, 1.54) is 45.1 Å². The van der Waals surface area contributed by atoms with Gasteiger partial charge in [-0.25, -0.2) is 0 Å². The summed E-state index contributed by atoms with van der Waals surface area (Å²) in [5.74, 6) is 2.26. The Balaban J connectivity index is 1.34. The molecule has 4 aliphatic rings. The van der Waals surface area contributed by atoms with Gasteiger partial charge in [0, 0.05) is 50.6 Å². The number of aromatic hydroxyl groups is 1.